The quantitative estimate of drug-likeness (QED) is 0.746. The molecule has 1 rings (SSSR count). The molecule has 1 saturated heterocycles. The van der Waals surface area contributed by atoms with Gasteiger partial charge in [0.05, 0.1) is 0 Å². The van der Waals surface area contributed by atoms with Gasteiger partial charge in [0.15, 0.2) is 0 Å². The van der Waals surface area contributed by atoms with Crippen molar-refractivity contribution < 1.29 is 9.53 Å². The fourth-order valence-electron chi connectivity index (χ4n) is 1.86. The zero-order chi connectivity index (χ0) is 12.2. The standard InChI is InChI=1S/C12H24N2O2/c1-5-10-9-13-7-6-8-14(10)11(15)16-12(2,3)4/h10,13H,5-9H2,1-4H3. The first-order valence-electron chi connectivity index (χ1n) is 6.14. The van der Waals surface area contributed by atoms with Crippen LogP contribution >= 0.6 is 0 Å². The van der Waals surface area contributed by atoms with E-state index in [4.69, 9.17) is 4.74 Å². The molecule has 1 unspecified atom stereocenters. The Morgan fingerprint density at radius 1 is 1.50 bits per heavy atom. The fourth-order valence-corrected chi connectivity index (χ4v) is 1.86. The zero-order valence-electron chi connectivity index (χ0n) is 10.9. The maximum absolute atomic E-state index is 12.0. The largest absolute Gasteiger partial charge is 0.444 e. The zero-order valence-corrected chi connectivity index (χ0v) is 10.9. The van der Waals surface area contributed by atoms with Gasteiger partial charge in [-0.15, -0.1) is 0 Å². The highest BCUT2D eigenvalue weighted by atomic mass is 16.6. The van der Waals surface area contributed by atoms with Gasteiger partial charge < -0.3 is 15.0 Å². The molecule has 0 bridgehead atoms. The molecular weight excluding hydrogens is 204 g/mol. The van der Waals surface area contributed by atoms with E-state index in [0.717, 1.165) is 32.5 Å². The summed E-state index contributed by atoms with van der Waals surface area (Å²) in [6, 6.07) is 0.261. The third-order valence-corrected chi connectivity index (χ3v) is 2.67. The lowest BCUT2D eigenvalue weighted by Gasteiger charge is -2.31. The second-order valence-electron chi connectivity index (χ2n) is 5.29. The highest BCUT2D eigenvalue weighted by molar-refractivity contribution is 5.68. The summed E-state index contributed by atoms with van der Waals surface area (Å²) in [4.78, 5) is 13.9. The molecule has 1 heterocycles. The van der Waals surface area contributed by atoms with Crippen molar-refractivity contribution in [1.29, 1.82) is 0 Å². The van der Waals surface area contributed by atoms with Gasteiger partial charge in [0, 0.05) is 19.1 Å². The first kappa shape index (κ1) is 13.3. The van der Waals surface area contributed by atoms with Crippen LogP contribution in [0.15, 0.2) is 0 Å². The first-order valence-corrected chi connectivity index (χ1v) is 6.14. The Kier molecular flexibility index (Phi) is 4.59. The van der Waals surface area contributed by atoms with E-state index in [2.05, 4.69) is 12.2 Å². The molecule has 0 spiro atoms. The lowest BCUT2D eigenvalue weighted by atomic mass is 10.2. The van der Waals surface area contributed by atoms with Crippen LogP contribution in [0.5, 0.6) is 0 Å². The van der Waals surface area contributed by atoms with Crippen molar-refractivity contribution in [2.75, 3.05) is 19.6 Å². The molecule has 0 aromatic rings. The number of nitrogens with zero attached hydrogens (tertiary/aromatic N) is 1. The maximum atomic E-state index is 12.0. The molecule has 1 fully saturated rings. The Labute approximate surface area is 98.3 Å². The van der Waals surface area contributed by atoms with E-state index < -0.39 is 5.60 Å². The van der Waals surface area contributed by atoms with E-state index in [1.54, 1.807) is 0 Å². The predicted molar refractivity (Wildman–Crippen MR) is 64.5 cm³/mol. The van der Waals surface area contributed by atoms with Gasteiger partial charge in [-0.2, -0.15) is 0 Å². The molecule has 1 N–H and O–H groups in total. The minimum absolute atomic E-state index is 0.178. The smallest absolute Gasteiger partial charge is 0.410 e. The van der Waals surface area contributed by atoms with Crippen molar-refractivity contribution in [3.05, 3.63) is 0 Å². The van der Waals surface area contributed by atoms with Crippen molar-refractivity contribution in [3.8, 4) is 0 Å². The Morgan fingerprint density at radius 3 is 2.75 bits per heavy atom. The lowest BCUT2D eigenvalue weighted by molar-refractivity contribution is 0.0173. The summed E-state index contributed by atoms with van der Waals surface area (Å²) in [7, 11) is 0. The summed E-state index contributed by atoms with van der Waals surface area (Å²) in [6.07, 6.45) is 1.78. The normalized spacial score (nSPS) is 22.8. The monoisotopic (exact) mass is 228 g/mol. The van der Waals surface area contributed by atoms with Gasteiger partial charge in [0.1, 0.15) is 5.60 Å². The van der Waals surface area contributed by atoms with Gasteiger partial charge in [-0.1, -0.05) is 6.92 Å². The molecule has 94 valence electrons. The number of nitrogens with one attached hydrogen (secondary N) is 1. The summed E-state index contributed by atoms with van der Waals surface area (Å²) >= 11 is 0. The van der Waals surface area contributed by atoms with Crippen LogP contribution in [-0.2, 0) is 4.74 Å². The molecular formula is C12H24N2O2. The fraction of sp³-hybridized carbons (Fsp3) is 0.917. The van der Waals surface area contributed by atoms with Gasteiger partial charge in [-0.3, -0.25) is 0 Å². The first-order chi connectivity index (χ1) is 7.44. The lowest BCUT2D eigenvalue weighted by Crippen LogP contribution is -2.45. The molecule has 0 aliphatic carbocycles. The molecule has 1 aliphatic heterocycles. The summed E-state index contributed by atoms with van der Waals surface area (Å²) in [6.45, 7) is 10.5. The van der Waals surface area contributed by atoms with E-state index in [9.17, 15) is 4.79 Å². The van der Waals surface area contributed by atoms with Gasteiger partial charge in [0.25, 0.3) is 0 Å². The molecule has 4 heteroatoms. The Morgan fingerprint density at radius 2 is 2.19 bits per heavy atom. The average Bonchev–Trinajstić information content (AvgIpc) is 2.39. The van der Waals surface area contributed by atoms with Crippen molar-refractivity contribution in [2.45, 2.75) is 52.2 Å². The third kappa shape index (κ3) is 4.00. The second kappa shape index (κ2) is 5.53. The van der Waals surface area contributed by atoms with E-state index in [0.29, 0.717) is 0 Å². The van der Waals surface area contributed by atoms with Gasteiger partial charge in [0.2, 0.25) is 0 Å². The molecule has 1 aliphatic rings. The Hall–Kier alpha value is -0.770. The van der Waals surface area contributed by atoms with E-state index in [1.165, 1.54) is 0 Å². The van der Waals surface area contributed by atoms with E-state index >= 15 is 0 Å². The molecule has 0 aromatic carbocycles. The third-order valence-electron chi connectivity index (χ3n) is 2.67. The van der Waals surface area contributed by atoms with Crippen LogP contribution in [-0.4, -0.2) is 42.3 Å². The topological polar surface area (TPSA) is 41.6 Å². The molecule has 4 nitrogen and oxygen atoms in total. The molecule has 0 radical (unpaired) electrons. The summed E-state index contributed by atoms with van der Waals surface area (Å²) in [5.41, 5.74) is -0.408. The second-order valence-corrected chi connectivity index (χ2v) is 5.29. The van der Waals surface area contributed by atoms with Crippen molar-refractivity contribution in [2.24, 2.45) is 0 Å². The van der Waals surface area contributed by atoms with Crippen LogP contribution in [0.1, 0.15) is 40.5 Å². The van der Waals surface area contributed by atoms with Crippen molar-refractivity contribution >= 4 is 6.09 Å². The summed E-state index contributed by atoms with van der Waals surface area (Å²) in [5.74, 6) is 0. The van der Waals surface area contributed by atoms with Crippen LogP contribution in [0.4, 0.5) is 4.79 Å². The summed E-state index contributed by atoms with van der Waals surface area (Å²) in [5, 5.41) is 3.35. The highest BCUT2D eigenvalue weighted by Crippen LogP contribution is 2.14. The predicted octanol–water partition coefficient (Wildman–Crippen LogP) is 2.00. The minimum Gasteiger partial charge on any atom is -0.444 e. The number of carbonyl (C=O) groups is 1. The van der Waals surface area contributed by atoms with Gasteiger partial charge in [-0.05, 0) is 40.2 Å². The molecule has 1 atom stereocenters. The Bertz CT molecular complexity index is 236. The van der Waals surface area contributed by atoms with E-state index in [-0.39, 0.29) is 12.1 Å². The maximum Gasteiger partial charge on any atom is 0.410 e. The average molecular weight is 228 g/mol. The summed E-state index contributed by atoms with van der Waals surface area (Å²) < 4.78 is 5.42. The van der Waals surface area contributed by atoms with Crippen LogP contribution in [0, 0.1) is 0 Å². The number of amides is 1. The SMILES string of the molecule is CCC1CNCCCN1C(=O)OC(C)(C)C. The van der Waals surface area contributed by atoms with E-state index in [1.807, 2.05) is 25.7 Å². The highest BCUT2D eigenvalue weighted by Gasteiger charge is 2.28. The number of ether oxygens (including phenoxy) is 1. The van der Waals surface area contributed by atoms with Gasteiger partial charge >= 0.3 is 6.09 Å². The van der Waals surface area contributed by atoms with Crippen LogP contribution in [0.3, 0.4) is 0 Å². The number of hydrogen-bond donors (Lipinski definition) is 1. The molecule has 0 aromatic heterocycles. The van der Waals surface area contributed by atoms with Crippen LogP contribution in [0.25, 0.3) is 0 Å². The molecule has 1 amide bonds. The number of hydrogen-bond acceptors (Lipinski definition) is 3. The number of carbonyl (C=O) groups excluding carboxylic acids is 1. The molecule has 0 saturated carbocycles. The van der Waals surface area contributed by atoms with Crippen molar-refractivity contribution in [1.82, 2.24) is 10.2 Å². The minimum atomic E-state index is -0.408. The van der Waals surface area contributed by atoms with Gasteiger partial charge in [-0.25, -0.2) is 4.79 Å². The number of rotatable bonds is 1. The molecule has 16 heavy (non-hydrogen) atoms. The van der Waals surface area contributed by atoms with Crippen LogP contribution < -0.4 is 5.32 Å². The van der Waals surface area contributed by atoms with Crippen LogP contribution in [0.2, 0.25) is 0 Å². The Balaban J connectivity index is 2.63. The van der Waals surface area contributed by atoms with Crippen molar-refractivity contribution in [3.63, 3.8) is 0 Å².